The van der Waals surface area contributed by atoms with Crippen LogP contribution < -0.4 is 15.5 Å². The number of nitrogens with zero attached hydrogens (tertiary/aromatic N) is 3. The fraction of sp³-hybridized carbons (Fsp3) is 0.636. The number of aryl methyl sites for hydroxylation is 1. The Morgan fingerprint density at radius 2 is 1.82 bits per heavy atom. The molecule has 1 aliphatic rings. The van der Waals surface area contributed by atoms with Crippen LogP contribution in [-0.2, 0) is 11.3 Å². The van der Waals surface area contributed by atoms with Gasteiger partial charge in [-0.1, -0.05) is 25.0 Å². The predicted octanol–water partition coefficient (Wildman–Crippen LogP) is 2.76. The smallest absolute Gasteiger partial charge is 0.230 e. The Bertz CT molecular complexity index is 690. The van der Waals surface area contributed by atoms with Gasteiger partial charge in [-0.25, -0.2) is 4.99 Å². The van der Waals surface area contributed by atoms with E-state index in [-0.39, 0.29) is 11.3 Å². The van der Waals surface area contributed by atoms with E-state index >= 15 is 0 Å². The summed E-state index contributed by atoms with van der Waals surface area (Å²) in [6.07, 6.45) is 4.12. The minimum Gasteiger partial charge on any atom is -0.377 e. The number of carbonyl (C=O) groups is 1. The predicted molar refractivity (Wildman–Crippen MR) is 118 cm³/mol. The number of carbonyl (C=O) groups excluding carboxylic acids is 1. The first-order chi connectivity index (χ1) is 13.3. The topological polar surface area (TPSA) is 60.0 Å². The molecule has 0 atom stereocenters. The van der Waals surface area contributed by atoms with Crippen molar-refractivity contribution >= 4 is 17.6 Å². The molecular weight excluding hydrogens is 350 g/mol. The van der Waals surface area contributed by atoms with Crippen LogP contribution >= 0.6 is 0 Å². The minimum atomic E-state index is -0.307. The number of nitrogens with one attached hydrogen (secondary N) is 2. The van der Waals surface area contributed by atoms with Crippen molar-refractivity contribution in [2.45, 2.75) is 46.1 Å². The second-order valence-electron chi connectivity index (χ2n) is 8.26. The SMILES string of the molecule is CCNC(=NCc1ccc(C)cc1N(C)C)NCC1(C(=O)N(C)C)CCCC1. The highest BCUT2D eigenvalue weighted by Crippen LogP contribution is 2.38. The Balaban J connectivity index is 2.14. The van der Waals surface area contributed by atoms with E-state index in [1.807, 2.05) is 14.1 Å². The molecule has 0 unspecified atom stereocenters. The number of aliphatic imine (C=N–C) groups is 1. The van der Waals surface area contributed by atoms with Crippen LogP contribution in [0.1, 0.15) is 43.7 Å². The molecule has 0 radical (unpaired) electrons. The molecule has 6 heteroatoms. The summed E-state index contributed by atoms with van der Waals surface area (Å²) in [4.78, 5) is 21.4. The van der Waals surface area contributed by atoms with Gasteiger partial charge in [0.2, 0.25) is 5.91 Å². The second kappa shape index (κ2) is 9.80. The molecule has 2 rings (SSSR count). The number of hydrogen-bond acceptors (Lipinski definition) is 3. The lowest BCUT2D eigenvalue weighted by atomic mass is 9.84. The first kappa shape index (κ1) is 22.1. The van der Waals surface area contributed by atoms with Gasteiger partial charge in [-0.2, -0.15) is 0 Å². The molecule has 2 N–H and O–H groups in total. The van der Waals surface area contributed by atoms with Crippen molar-refractivity contribution in [1.82, 2.24) is 15.5 Å². The molecular formula is C22H37N5O. The minimum absolute atomic E-state index is 0.224. The maximum absolute atomic E-state index is 12.8. The average Bonchev–Trinajstić information content (AvgIpc) is 3.14. The fourth-order valence-electron chi connectivity index (χ4n) is 3.98. The van der Waals surface area contributed by atoms with E-state index in [0.717, 1.165) is 38.2 Å². The van der Waals surface area contributed by atoms with Gasteiger partial charge >= 0.3 is 0 Å². The van der Waals surface area contributed by atoms with Crippen molar-refractivity contribution in [1.29, 1.82) is 0 Å². The molecule has 28 heavy (non-hydrogen) atoms. The highest BCUT2D eigenvalue weighted by atomic mass is 16.2. The van der Waals surface area contributed by atoms with E-state index in [1.54, 1.807) is 4.90 Å². The van der Waals surface area contributed by atoms with Crippen molar-refractivity contribution in [3.63, 3.8) is 0 Å². The van der Waals surface area contributed by atoms with Crippen LogP contribution in [-0.4, -0.2) is 58.0 Å². The summed E-state index contributed by atoms with van der Waals surface area (Å²) in [7, 11) is 7.81. The Kier molecular flexibility index (Phi) is 7.72. The van der Waals surface area contributed by atoms with E-state index in [4.69, 9.17) is 4.99 Å². The molecule has 1 aromatic rings. The summed E-state index contributed by atoms with van der Waals surface area (Å²) in [5.41, 5.74) is 3.31. The van der Waals surface area contributed by atoms with E-state index in [1.165, 1.54) is 16.8 Å². The zero-order valence-electron chi connectivity index (χ0n) is 18.4. The molecule has 1 saturated carbocycles. The standard InChI is InChI=1S/C22H37N5O/c1-7-23-21(24-15-18-11-10-17(2)14-19(18)26(3)4)25-16-22(12-8-9-13-22)20(28)27(5)6/h10-11,14H,7-9,12-13,15-16H2,1-6H3,(H2,23,24,25). The van der Waals surface area contributed by atoms with Crippen LogP contribution in [0, 0.1) is 12.3 Å². The number of amides is 1. The lowest BCUT2D eigenvalue weighted by molar-refractivity contribution is -0.138. The van der Waals surface area contributed by atoms with Crippen molar-refractivity contribution < 1.29 is 4.79 Å². The van der Waals surface area contributed by atoms with E-state index in [0.29, 0.717) is 13.1 Å². The third kappa shape index (κ3) is 5.40. The van der Waals surface area contributed by atoms with Crippen LogP contribution in [0.4, 0.5) is 5.69 Å². The van der Waals surface area contributed by atoms with Gasteiger partial charge in [-0.15, -0.1) is 0 Å². The first-order valence-corrected chi connectivity index (χ1v) is 10.3. The summed E-state index contributed by atoms with van der Waals surface area (Å²) in [5.74, 6) is 0.993. The van der Waals surface area contributed by atoms with Crippen LogP contribution in [0.3, 0.4) is 0 Å². The Labute approximate surface area is 170 Å². The lowest BCUT2D eigenvalue weighted by Crippen LogP contribution is -2.49. The molecule has 1 aliphatic carbocycles. The number of rotatable bonds is 7. The number of anilines is 1. The van der Waals surface area contributed by atoms with Crippen molar-refractivity contribution in [2.75, 3.05) is 46.2 Å². The molecule has 0 aliphatic heterocycles. The fourth-order valence-corrected chi connectivity index (χ4v) is 3.98. The molecule has 0 saturated heterocycles. The van der Waals surface area contributed by atoms with Gasteiger partial charge in [-0.3, -0.25) is 4.79 Å². The number of hydrogen-bond donors (Lipinski definition) is 2. The van der Waals surface area contributed by atoms with E-state index in [2.05, 4.69) is 61.7 Å². The third-order valence-electron chi connectivity index (χ3n) is 5.49. The summed E-state index contributed by atoms with van der Waals surface area (Å²) in [6, 6.07) is 6.46. The Morgan fingerprint density at radius 3 is 2.39 bits per heavy atom. The van der Waals surface area contributed by atoms with Gasteiger partial charge in [0.15, 0.2) is 5.96 Å². The van der Waals surface area contributed by atoms with Gasteiger partial charge < -0.3 is 20.4 Å². The van der Waals surface area contributed by atoms with Gasteiger partial charge in [0, 0.05) is 47.0 Å². The van der Waals surface area contributed by atoms with E-state index in [9.17, 15) is 4.79 Å². The second-order valence-corrected chi connectivity index (χ2v) is 8.26. The largest absolute Gasteiger partial charge is 0.377 e. The molecule has 1 fully saturated rings. The molecule has 1 amide bonds. The van der Waals surface area contributed by atoms with Gasteiger partial charge in [0.05, 0.1) is 12.0 Å². The monoisotopic (exact) mass is 387 g/mol. The summed E-state index contributed by atoms with van der Waals surface area (Å²) in [6.45, 7) is 6.18. The summed E-state index contributed by atoms with van der Waals surface area (Å²) >= 11 is 0. The molecule has 1 aromatic carbocycles. The number of benzene rings is 1. The molecule has 0 bridgehead atoms. The van der Waals surface area contributed by atoms with Gasteiger partial charge in [0.25, 0.3) is 0 Å². The average molecular weight is 388 g/mol. The normalized spacial score (nSPS) is 16.0. The molecule has 156 valence electrons. The van der Waals surface area contributed by atoms with Crippen LogP contribution in [0.25, 0.3) is 0 Å². The number of guanidine groups is 1. The molecule has 0 spiro atoms. The third-order valence-corrected chi connectivity index (χ3v) is 5.49. The van der Waals surface area contributed by atoms with Crippen molar-refractivity contribution in [3.05, 3.63) is 29.3 Å². The van der Waals surface area contributed by atoms with E-state index < -0.39 is 0 Å². The highest BCUT2D eigenvalue weighted by molar-refractivity contribution is 5.85. The quantitative estimate of drug-likeness (QED) is 0.558. The van der Waals surface area contributed by atoms with Crippen molar-refractivity contribution in [3.8, 4) is 0 Å². The van der Waals surface area contributed by atoms with Crippen LogP contribution in [0.15, 0.2) is 23.2 Å². The molecule has 6 nitrogen and oxygen atoms in total. The zero-order valence-corrected chi connectivity index (χ0v) is 18.4. The van der Waals surface area contributed by atoms with Crippen LogP contribution in [0.2, 0.25) is 0 Å². The zero-order chi connectivity index (χ0) is 20.7. The maximum Gasteiger partial charge on any atom is 0.230 e. The molecule has 0 aromatic heterocycles. The highest BCUT2D eigenvalue weighted by Gasteiger charge is 2.42. The van der Waals surface area contributed by atoms with Crippen molar-refractivity contribution in [2.24, 2.45) is 10.4 Å². The van der Waals surface area contributed by atoms with Gasteiger partial charge in [-0.05, 0) is 43.9 Å². The maximum atomic E-state index is 12.8. The van der Waals surface area contributed by atoms with Gasteiger partial charge in [0.1, 0.15) is 0 Å². The first-order valence-electron chi connectivity index (χ1n) is 10.3. The summed E-state index contributed by atoms with van der Waals surface area (Å²) < 4.78 is 0. The van der Waals surface area contributed by atoms with Crippen LogP contribution in [0.5, 0.6) is 0 Å². The molecule has 0 heterocycles. The lowest BCUT2D eigenvalue weighted by Gasteiger charge is -2.31. The summed E-state index contributed by atoms with van der Waals surface area (Å²) in [5, 5.41) is 6.77. The Morgan fingerprint density at radius 1 is 1.14 bits per heavy atom. The Hall–Kier alpha value is -2.24.